The minimum absolute atomic E-state index is 0.139. The highest BCUT2D eigenvalue weighted by atomic mass is 16.6. The van der Waals surface area contributed by atoms with Crippen LogP contribution in [0.2, 0.25) is 0 Å². The van der Waals surface area contributed by atoms with E-state index in [0.717, 1.165) is 6.61 Å². The molecule has 100 valence electrons. The van der Waals surface area contributed by atoms with E-state index in [1.165, 1.54) is 31.2 Å². The second kappa shape index (κ2) is 6.35. The SMILES string of the molecule is CCCC1(CCC)OC1COCc1ccccc1. The lowest BCUT2D eigenvalue weighted by atomic mass is 9.94. The highest BCUT2D eigenvalue weighted by Gasteiger charge is 2.54. The molecule has 1 aromatic carbocycles. The van der Waals surface area contributed by atoms with Crippen molar-refractivity contribution < 1.29 is 9.47 Å². The fraction of sp³-hybridized carbons (Fsp3) is 0.625. The zero-order chi connectivity index (χ0) is 12.8. The van der Waals surface area contributed by atoms with Crippen LogP contribution in [-0.4, -0.2) is 18.3 Å². The van der Waals surface area contributed by atoms with Gasteiger partial charge < -0.3 is 9.47 Å². The van der Waals surface area contributed by atoms with Gasteiger partial charge in [0.05, 0.1) is 18.8 Å². The van der Waals surface area contributed by atoms with Crippen molar-refractivity contribution in [2.75, 3.05) is 6.61 Å². The molecule has 1 aliphatic heterocycles. The molecule has 2 nitrogen and oxygen atoms in total. The molecular weight excluding hydrogens is 224 g/mol. The molecule has 2 rings (SSSR count). The quantitative estimate of drug-likeness (QED) is 0.650. The van der Waals surface area contributed by atoms with E-state index in [4.69, 9.17) is 9.47 Å². The lowest BCUT2D eigenvalue weighted by molar-refractivity contribution is 0.104. The summed E-state index contributed by atoms with van der Waals surface area (Å²) in [4.78, 5) is 0. The van der Waals surface area contributed by atoms with Gasteiger partial charge in [-0.1, -0.05) is 57.0 Å². The summed E-state index contributed by atoms with van der Waals surface area (Å²) in [5.41, 5.74) is 1.37. The molecule has 18 heavy (non-hydrogen) atoms. The predicted molar refractivity (Wildman–Crippen MR) is 73.5 cm³/mol. The van der Waals surface area contributed by atoms with Crippen LogP contribution in [0.15, 0.2) is 30.3 Å². The Bertz CT molecular complexity index is 341. The molecule has 1 aliphatic rings. The van der Waals surface area contributed by atoms with E-state index < -0.39 is 0 Å². The molecule has 0 N–H and O–H groups in total. The Morgan fingerprint density at radius 3 is 2.39 bits per heavy atom. The second-order valence-electron chi connectivity index (χ2n) is 5.17. The van der Waals surface area contributed by atoms with Gasteiger partial charge in [-0.25, -0.2) is 0 Å². The summed E-state index contributed by atoms with van der Waals surface area (Å²) in [7, 11) is 0. The number of rotatable bonds is 8. The van der Waals surface area contributed by atoms with Crippen LogP contribution < -0.4 is 0 Å². The molecule has 1 heterocycles. The Morgan fingerprint density at radius 2 is 1.78 bits per heavy atom. The van der Waals surface area contributed by atoms with Crippen LogP contribution in [0.5, 0.6) is 0 Å². The van der Waals surface area contributed by atoms with Crippen molar-refractivity contribution in [3.63, 3.8) is 0 Å². The Morgan fingerprint density at radius 1 is 1.11 bits per heavy atom. The van der Waals surface area contributed by atoms with Crippen LogP contribution in [0.25, 0.3) is 0 Å². The van der Waals surface area contributed by atoms with Crippen molar-refractivity contribution in [3.8, 4) is 0 Å². The van der Waals surface area contributed by atoms with Gasteiger partial charge in [-0.05, 0) is 18.4 Å². The van der Waals surface area contributed by atoms with E-state index in [1.54, 1.807) is 0 Å². The number of epoxide rings is 1. The smallest absolute Gasteiger partial charge is 0.111 e. The molecule has 0 spiro atoms. The van der Waals surface area contributed by atoms with E-state index in [9.17, 15) is 0 Å². The topological polar surface area (TPSA) is 21.8 Å². The van der Waals surface area contributed by atoms with Gasteiger partial charge in [-0.3, -0.25) is 0 Å². The molecule has 1 aromatic rings. The molecule has 1 atom stereocenters. The highest BCUT2D eigenvalue weighted by Crippen LogP contribution is 2.44. The van der Waals surface area contributed by atoms with Crippen LogP contribution in [0.4, 0.5) is 0 Å². The van der Waals surface area contributed by atoms with Crippen molar-refractivity contribution in [1.29, 1.82) is 0 Å². The number of benzene rings is 1. The Balaban J connectivity index is 1.72. The zero-order valence-electron chi connectivity index (χ0n) is 11.5. The van der Waals surface area contributed by atoms with Gasteiger partial charge in [0.2, 0.25) is 0 Å². The van der Waals surface area contributed by atoms with Crippen LogP contribution in [0.3, 0.4) is 0 Å². The van der Waals surface area contributed by atoms with E-state index in [0.29, 0.717) is 12.7 Å². The highest BCUT2D eigenvalue weighted by molar-refractivity contribution is 5.13. The van der Waals surface area contributed by atoms with Crippen LogP contribution >= 0.6 is 0 Å². The van der Waals surface area contributed by atoms with Crippen molar-refractivity contribution in [3.05, 3.63) is 35.9 Å². The van der Waals surface area contributed by atoms with Crippen LogP contribution in [0.1, 0.15) is 45.1 Å². The maximum Gasteiger partial charge on any atom is 0.111 e. The van der Waals surface area contributed by atoms with Crippen molar-refractivity contribution in [1.82, 2.24) is 0 Å². The third kappa shape index (κ3) is 3.33. The molecule has 0 amide bonds. The van der Waals surface area contributed by atoms with Gasteiger partial charge in [0.15, 0.2) is 0 Å². The molecule has 2 heteroatoms. The summed E-state index contributed by atoms with van der Waals surface area (Å²) in [6, 6.07) is 10.3. The van der Waals surface area contributed by atoms with Crippen LogP contribution in [-0.2, 0) is 16.1 Å². The molecule has 0 bridgehead atoms. The first-order valence-electron chi connectivity index (χ1n) is 7.10. The minimum Gasteiger partial charge on any atom is -0.374 e. The molecule has 0 aromatic heterocycles. The molecule has 0 aliphatic carbocycles. The van der Waals surface area contributed by atoms with Gasteiger partial charge in [-0.15, -0.1) is 0 Å². The number of hydrogen-bond acceptors (Lipinski definition) is 2. The summed E-state index contributed by atoms with van der Waals surface area (Å²) in [6.45, 7) is 5.87. The second-order valence-corrected chi connectivity index (χ2v) is 5.17. The first kappa shape index (κ1) is 13.6. The third-order valence-electron chi connectivity index (χ3n) is 3.63. The van der Waals surface area contributed by atoms with E-state index in [2.05, 4.69) is 26.0 Å². The number of ether oxygens (including phenoxy) is 2. The van der Waals surface area contributed by atoms with E-state index >= 15 is 0 Å². The fourth-order valence-corrected chi connectivity index (χ4v) is 2.70. The summed E-state index contributed by atoms with van der Waals surface area (Å²) in [6.07, 6.45) is 5.03. The molecular formula is C16H24O2. The Labute approximate surface area is 110 Å². The lowest BCUT2D eigenvalue weighted by Crippen LogP contribution is -2.18. The summed E-state index contributed by atoms with van der Waals surface area (Å²) < 4.78 is 11.7. The zero-order valence-corrected chi connectivity index (χ0v) is 11.5. The fourth-order valence-electron chi connectivity index (χ4n) is 2.70. The Hall–Kier alpha value is -0.860. The standard InChI is InChI=1S/C16H24O2/c1-3-10-16(11-4-2)15(18-16)13-17-12-14-8-6-5-7-9-14/h5-9,15H,3-4,10-13H2,1-2H3. The summed E-state index contributed by atoms with van der Waals surface area (Å²) in [5.74, 6) is 0. The lowest BCUT2D eigenvalue weighted by Gasteiger charge is -2.10. The van der Waals surface area contributed by atoms with Gasteiger partial charge in [-0.2, -0.15) is 0 Å². The first-order chi connectivity index (χ1) is 8.80. The normalized spacial score (nSPS) is 20.9. The summed E-state index contributed by atoms with van der Waals surface area (Å²) in [5, 5.41) is 0. The maximum absolute atomic E-state index is 5.90. The van der Waals surface area contributed by atoms with E-state index in [-0.39, 0.29) is 5.60 Å². The first-order valence-corrected chi connectivity index (χ1v) is 7.10. The molecule has 1 unspecified atom stereocenters. The van der Waals surface area contributed by atoms with Crippen molar-refractivity contribution >= 4 is 0 Å². The van der Waals surface area contributed by atoms with Gasteiger partial charge in [0.25, 0.3) is 0 Å². The van der Waals surface area contributed by atoms with Crippen molar-refractivity contribution in [2.45, 2.75) is 57.8 Å². The van der Waals surface area contributed by atoms with Crippen LogP contribution in [0, 0.1) is 0 Å². The van der Waals surface area contributed by atoms with E-state index in [1.807, 2.05) is 18.2 Å². The molecule has 0 saturated carbocycles. The monoisotopic (exact) mass is 248 g/mol. The molecule has 1 saturated heterocycles. The molecule has 0 radical (unpaired) electrons. The van der Waals surface area contributed by atoms with Gasteiger partial charge >= 0.3 is 0 Å². The number of hydrogen-bond donors (Lipinski definition) is 0. The predicted octanol–water partition coefficient (Wildman–Crippen LogP) is 3.94. The average molecular weight is 248 g/mol. The summed E-state index contributed by atoms with van der Waals surface area (Å²) >= 11 is 0. The largest absolute Gasteiger partial charge is 0.374 e. The van der Waals surface area contributed by atoms with Crippen molar-refractivity contribution in [2.24, 2.45) is 0 Å². The van der Waals surface area contributed by atoms with Gasteiger partial charge in [0, 0.05) is 0 Å². The molecule has 1 fully saturated rings. The minimum atomic E-state index is 0.139. The third-order valence-corrected chi connectivity index (χ3v) is 3.63. The van der Waals surface area contributed by atoms with Gasteiger partial charge in [0.1, 0.15) is 6.10 Å². The maximum atomic E-state index is 5.90. The average Bonchev–Trinajstić information content (AvgIpc) is 3.04. The Kier molecular flexibility index (Phi) is 4.79.